The van der Waals surface area contributed by atoms with Crippen molar-refractivity contribution in [1.29, 1.82) is 0 Å². The van der Waals surface area contributed by atoms with E-state index >= 15 is 0 Å². The second-order valence-corrected chi connectivity index (χ2v) is 5.09. The van der Waals surface area contributed by atoms with Gasteiger partial charge in [0.25, 0.3) is 0 Å². The van der Waals surface area contributed by atoms with E-state index in [1.54, 1.807) is 12.1 Å². The zero-order valence-corrected chi connectivity index (χ0v) is 12.6. The maximum absolute atomic E-state index is 13.0. The summed E-state index contributed by atoms with van der Waals surface area (Å²) >= 11 is 3.40. The van der Waals surface area contributed by atoms with Crippen LogP contribution in [0, 0.1) is 0 Å². The highest BCUT2D eigenvalue weighted by atomic mass is 79.9. The molecule has 4 heteroatoms. The van der Waals surface area contributed by atoms with Crippen LogP contribution in [0.5, 0.6) is 0 Å². The SMILES string of the molecule is C/C=C(Br)\C=C/N(C)c1ccc(C(F)P)cc1. The minimum atomic E-state index is -0.998. The number of benzene rings is 1. The van der Waals surface area contributed by atoms with Crippen LogP contribution in [-0.2, 0) is 0 Å². The molecule has 2 atom stereocenters. The highest BCUT2D eigenvalue weighted by molar-refractivity contribution is 9.11. The molecule has 0 aliphatic carbocycles. The highest BCUT2D eigenvalue weighted by Gasteiger charge is 2.03. The van der Waals surface area contributed by atoms with E-state index in [0.717, 1.165) is 10.2 Å². The van der Waals surface area contributed by atoms with E-state index in [0.29, 0.717) is 5.56 Å². The minimum absolute atomic E-state index is 0.672. The number of allylic oxidation sites excluding steroid dienone is 3. The van der Waals surface area contributed by atoms with Crippen molar-refractivity contribution < 1.29 is 4.39 Å². The Hall–Kier alpha value is -0.660. The molecule has 0 aliphatic heterocycles. The standard InChI is InChI=1S/C13H16BrFNP/c1-3-11(14)8-9-16(2)12-6-4-10(5-7-12)13(15)17/h3-9,13H,17H2,1-2H3/b9-8-,11-3+. The average Bonchev–Trinajstić information content (AvgIpc) is 2.35. The molecule has 0 radical (unpaired) electrons. The lowest BCUT2D eigenvalue weighted by Crippen LogP contribution is -2.07. The van der Waals surface area contributed by atoms with E-state index < -0.39 is 5.91 Å². The first-order valence-electron chi connectivity index (χ1n) is 5.27. The topological polar surface area (TPSA) is 3.24 Å². The summed E-state index contributed by atoms with van der Waals surface area (Å²) in [5.41, 5.74) is 1.69. The molecule has 1 rings (SSSR count). The van der Waals surface area contributed by atoms with Crippen molar-refractivity contribution in [3.8, 4) is 0 Å². The van der Waals surface area contributed by atoms with Crippen LogP contribution in [0.4, 0.5) is 10.1 Å². The van der Waals surface area contributed by atoms with E-state index in [-0.39, 0.29) is 0 Å². The van der Waals surface area contributed by atoms with Crippen LogP contribution in [0.3, 0.4) is 0 Å². The predicted molar refractivity (Wildman–Crippen MR) is 80.2 cm³/mol. The highest BCUT2D eigenvalue weighted by Crippen LogP contribution is 2.26. The van der Waals surface area contributed by atoms with Gasteiger partial charge < -0.3 is 4.90 Å². The average molecular weight is 316 g/mol. The molecule has 0 spiro atoms. The molecule has 0 heterocycles. The summed E-state index contributed by atoms with van der Waals surface area (Å²) in [6.07, 6.45) is 5.88. The monoisotopic (exact) mass is 315 g/mol. The fourth-order valence-corrected chi connectivity index (χ4v) is 1.60. The van der Waals surface area contributed by atoms with Crippen molar-refractivity contribution in [1.82, 2.24) is 0 Å². The predicted octanol–water partition coefficient (Wildman–Crippen LogP) is 4.78. The maximum Gasteiger partial charge on any atom is 0.138 e. The first kappa shape index (κ1) is 14.4. The van der Waals surface area contributed by atoms with Gasteiger partial charge in [0.2, 0.25) is 0 Å². The third-order valence-electron chi connectivity index (χ3n) is 2.35. The summed E-state index contributed by atoms with van der Waals surface area (Å²) in [6, 6.07) is 7.39. The summed E-state index contributed by atoms with van der Waals surface area (Å²) < 4.78 is 14.0. The van der Waals surface area contributed by atoms with Crippen LogP contribution in [-0.4, -0.2) is 7.05 Å². The number of hydrogen-bond donors (Lipinski definition) is 0. The fourth-order valence-electron chi connectivity index (χ4n) is 1.26. The molecule has 92 valence electrons. The number of alkyl halides is 1. The molecule has 0 bridgehead atoms. The fraction of sp³-hybridized carbons (Fsp3) is 0.231. The third kappa shape index (κ3) is 4.61. The van der Waals surface area contributed by atoms with Gasteiger partial charge in [0.1, 0.15) is 5.91 Å². The number of halogens is 2. The zero-order chi connectivity index (χ0) is 12.8. The van der Waals surface area contributed by atoms with Crippen LogP contribution >= 0.6 is 25.2 Å². The van der Waals surface area contributed by atoms with Crippen LogP contribution < -0.4 is 4.90 Å². The van der Waals surface area contributed by atoms with Gasteiger partial charge in [-0.1, -0.05) is 43.4 Å². The van der Waals surface area contributed by atoms with E-state index in [1.165, 1.54) is 0 Å². The van der Waals surface area contributed by atoms with Gasteiger partial charge >= 0.3 is 0 Å². The summed E-state index contributed by atoms with van der Waals surface area (Å²) in [4.78, 5) is 1.98. The van der Waals surface area contributed by atoms with Gasteiger partial charge in [-0.25, -0.2) is 4.39 Å². The number of hydrogen-bond acceptors (Lipinski definition) is 1. The Morgan fingerprint density at radius 1 is 1.41 bits per heavy atom. The molecule has 17 heavy (non-hydrogen) atoms. The van der Waals surface area contributed by atoms with Gasteiger partial charge in [-0.05, 0) is 30.7 Å². The molecular weight excluding hydrogens is 300 g/mol. The quantitative estimate of drug-likeness (QED) is 0.571. The van der Waals surface area contributed by atoms with E-state index in [4.69, 9.17) is 0 Å². The van der Waals surface area contributed by atoms with Crippen LogP contribution in [0.15, 0.2) is 47.1 Å². The Morgan fingerprint density at radius 2 is 2.00 bits per heavy atom. The first-order chi connectivity index (χ1) is 8.04. The lowest BCUT2D eigenvalue weighted by Gasteiger charge is -2.14. The van der Waals surface area contributed by atoms with Gasteiger partial charge in [-0.2, -0.15) is 0 Å². The number of rotatable bonds is 4. The molecule has 1 aromatic rings. The third-order valence-corrected chi connectivity index (χ3v) is 3.46. The van der Waals surface area contributed by atoms with Crippen LogP contribution in [0.1, 0.15) is 18.4 Å². The van der Waals surface area contributed by atoms with Crippen molar-refractivity contribution in [3.63, 3.8) is 0 Å². The molecule has 0 fully saturated rings. The van der Waals surface area contributed by atoms with Crippen molar-refractivity contribution in [3.05, 3.63) is 52.7 Å². The second-order valence-electron chi connectivity index (χ2n) is 3.59. The van der Waals surface area contributed by atoms with Gasteiger partial charge in [0, 0.05) is 23.4 Å². The number of nitrogens with zero attached hydrogens (tertiary/aromatic N) is 1. The smallest absolute Gasteiger partial charge is 0.138 e. The van der Waals surface area contributed by atoms with E-state index in [1.807, 2.05) is 49.4 Å². The molecule has 0 aromatic heterocycles. The summed E-state index contributed by atoms with van der Waals surface area (Å²) in [5, 5.41) is 0. The molecule has 0 amide bonds. The Kier molecular flexibility index (Phi) is 5.87. The zero-order valence-electron chi connectivity index (χ0n) is 9.90. The molecule has 0 N–H and O–H groups in total. The Bertz CT molecular complexity index is 412. The van der Waals surface area contributed by atoms with Gasteiger partial charge in [-0.15, -0.1) is 0 Å². The summed E-state index contributed by atoms with van der Waals surface area (Å²) in [7, 11) is 4.10. The molecule has 0 saturated carbocycles. The van der Waals surface area contributed by atoms with Crippen molar-refractivity contribution in [2.24, 2.45) is 0 Å². The molecule has 0 aliphatic rings. The Labute approximate surface area is 113 Å². The molecule has 2 unspecified atom stereocenters. The largest absolute Gasteiger partial charge is 0.351 e. The van der Waals surface area contributed by atoms with Gasteiger partial charge in [0.15, 0.2) is 0 Å². The van der Waals surface area contributed by atoms with Crippen molar-refractivity contribution in [2.45, 2.75) is 12.8 Å². The number of anilines is 1. The Balaban J connectivity index is 2.76. The van der Waals surface area contributed by atoms with Crippen molar-refractivity contribution >= 4 is 30.9 Å². The first-order valence-corrected chi connectivity index (χ1v) is 6.73. The normalized spacial score (nSPS) is 14.1. The van der Waals surface area contributed by atoms with Crippen LogP contribution in [0.25, 0.3) is 0 Å². The maximum atomic E-state index is 13.0. The lowest BCUT2D eigenvalue weighted by atomic mass is 10.2. The lowest BCUT2D eigenvalue weighted by molar-refractivity contribution is 0.469. The summed E-state index contributed by atoms with van der Waals surface area (Å²) in [5.74, 6) is -0.998. The second kappa shape index (κ2) is 6.93. The Morgan fingerprint density at radius 3 is 2.47 bits per heavy atom. The van der Waals surface area contributed by atoms with E-state index in [2.05, 4.69) is 25.2 Å². The molecule has 0 saturated heterocycles. The van der Waals surface area contributed by atoms with Gasteiger partial charge in [-0.3, -0.25) is 0 Å². The summed E-state index contributed by atoms with van der Waals surface area (Å²) in [6.45, 7) is 1.96. The minimum Gasteiger partial charge on any atom is -0.351 e. The molecule has 1 nitrogen and oxygen atoms in total. The molecule has 1 aromatic carbocycles. The van der Waals surface area contributed by atoms with Crippen molar-refractivity contribution in [2.75, 3.05) is 11.9 Å². The van der Waals surface area contributed by atoms with E-state index in [9.17, 15) is 4.39 Å². The van der Waals surface area contributed by atoms with Crippen LogP contribution in [0.2, 0.25) is 0 Å². The van der Waals surface area contributed by atoms with Gasteiger partial charge in [0.05, 0.1) is 0 Å². The molecular formula is C13H16BrFNP.